The van der Waals surface area contributed by atoms with Gasteiger partial charge in [-0.1, -0.05) is 58.4 Å². The highest BCUT2D eigenvalue weighted by Crippen LogP contribution is 2.44. The molecular weight excluding hydrogens is 474 g/mol. The first-order chi connectivity index (χ1) is 15.5. The number of ketones is 1. The van der Waals surface area contributed by atoms with Crippen molar-refractivity contribution in [1.82, 2.24) is 0 Å². The van der Waals surface area contributed by atoms with Gasteiger partial charge in [0, 0.05) is 15.7 Å². The van der Waals surface area contributed by atoms with Gasteiger partial charge in [-0.15, -0.1) is 0 Å². The van der Waals surface area contributed by atoms with E-state index in [1.165, 1.54) is 19.1 Å². The van der Waals surface area contributed by atoms with Crippen LogP contribution in [0.3, 0.4) is 0 Å². The first-order valence-electron chi connectivity index (χ1n) is 9.80. The van der Waals surface area contributed by atoms with E-state index in [1.807, 2.05) is 12.1 Å². The van der Waals surface area contributed by atoms with Gasteiger partial charge in [0.05, 0.1) is 25.8 Å². The number of carbonyl (C=O) groups excluding carboxylic acids is 2. The van der Waals surface area contributed by atoms with E-state index in [-0.39, 0.29) is 11.3 Å². The molecule has 1 unspecified atom stereocenters. The predicted octanol–water partition coefficient (Wildman–Crippen LogP) is 5.09. The van der Waals surface area contributed by atoms with Crippen LogP contribution < -0.4 is 14.4 Å². The van der Waals surface area contributed by atoms with E-state index in [0.29, 0.717) is 28.3 Å². The first-order valence-corrected chi connectivity index (χ1v) is 10.6. The van der Waals surface area contributed by atoms with E-state index in [1.54, 1.807) is 60.7 Å². The summed E-state index contributed by atoms with van der Waals surface area (Å²) in [5.74, 6) is -0.754. The number of aliphatic hydroxyl groups is 1. The number of amides is 1. The van der Waals surface area contributed by atoms with Gasteiger partial charge in [-0.3, -0.25) is 14.5 Å². The number of hydrogen-bond acceptors (Lipinski definition) is 5. The summed E-state index contributed by atoms with van der Waals surface area (Å²) in [6.07, 6.45) is 0. The Labute approximate surface area is 193 Å². The van der Waals surface area contributed by atoms with Crippen molar-refractivity contribution in [2.75, 3.05) is 19.1 Å². The molecule has 3 aromatic carbocycles. The zero-order valence-electron chi connectivity index (χ0n) is 17.4. The standard InChI is InChI=1S/C25H20BrNO5/c1-31-19-12-11-16(13-20(19)32-2)22-21(23(28)15-7-4-3-5-8-15)24(29)25(30)27(22)18-10-6-9-17(26)14-18/h3-14,22,28H,1-2H3/b23-21+. The van der Waals surface area contributed by atoms with Crippen molar-refractivity contribution in [2.24, 2.45) is 0 Å². The fourth-order valence-corrected chi connectivity index (χ4v) is 4.20. The van der Waals surface area contributed by atoms with Crippen LogP contribution in [0, 0.1) is 0 Å². The van der Waals surface area contributed by atoms with Crippen molar-refractivity contribution in [3.05, 3.63) is 94.0 Å². The molecule has 1 atom stereocenters. The molecule has 4 rings (SSSR count). The second-order valence-electron chi connectivity index (χ2n) is 7.13. The summed E-state index contributed by atoms with van der Waals surface area (Å²) in [7, 11) is 3.04. The Morgan fingerprint density at radius 3 is 2.28 bits per heavy atom. The van der Waals surface area contributed by atoms with E-state index in [4.69, 9.17) is 9.47 Å². The molecule has 1 aliphatic rings. The topological polar surface area (TPSA) is 76.1 Å². The highest BCUT2D eigenvalue weighted by Gasteiger charge is 2.47. The smallest absolute Gasteiger partial charge is 0.300 e. The number of halogens is 1. The van der Waals surface area contributed by atoms with Gasteiger partial charge in [0.2, 0.25) is 0 Å². The van der Waals surface area contributed by atoms with Crippen molar-refractivity contribution >= 4 is 39.1 Å². The van der Waals surface area contributed by atoms with Crippen molar-refractivity contribution < 1.29 is 24.2 Å². The minimum absolute atomic E-state index is 0.00777. The molecule has 1 saturated heterocycles. The molecule has 6 nitrogen and oxygen atoms in total. The number of methoxy groups -OCH3 is 2. The normalized spacial score (nSPS) is 17.5. The number of ether oxygens (including phenoxy) is 2. The Bertz CT molecular complexity index is 1220. The molecule has 32 heavy (non-hydrogen) atoms. The van der Waals surface area contributed by atoms with Crippen LogP contribution in [0.15, 0.2) is 82.8 Å². The molecule has 0 aliphatic carbocycles. The molecule has 1 heterocycles. The Kier molecular flexibility index (Phi) is 6.01. The molecule has 1 N–H and O–H groups in total. The fourth-order valence-electron chi connectivity index (χ4n) is 3.81. The van der Waals surface area contributed by atoms with Gasteiger partial charge in [-0.25, -0.2) is 0 Å². The third-order valence-electron chi connectivity index (χ3n) is 5.30. The number of hydrogen-bond donors (Lipinski definition) is 1. The van der Waals surface area contributed by atoms with E-state index >= 15 is 0 Å². The van der Waals surface area contributed by atoms with Gasteiger partial charge in [0.15, 0.2) is 11.5 Å². The van der Waals surface area contributed by atoms with Crippen LogP contribution in [0.2, 0.25) is 0 Å². The van der Waals surface area contributed by atoms with E-state index in [9.17, 15) is 14.7 Å². The molecule has 0 saturated carbocycles. The zero-order chi connectivity index (χ0) is 22.8. The lowest BCUT2D eigenvalue weighted by molar-refractivity contribution is -0.132. The van der Waals surface area contributed by atoms with Crippen LogP contribution >= 0.6 is 15.9 Å². The maximum Gasteiger partial charge on any atom is 0.300 e. The molecular formula is C25H20BrNO5. The number of carbonyl (C=O) groups is 2. The van der Waals surface area contributed by atoms with Gasteiger partial charge < -0.3 is 14.6 Å². The first kappa shape index (κ1) is 21.6. The maximum absolute atomic E-state index is 13.2. The largest absolute Gasteiger partial charge is 0.507 e. The second-order valence-corrected chi connectivity index (χ2v) is 8.05. The van der Waals surface area contributed by atoms with Crippen LogP contribution in [-0.2, 0) is 9.59 Å². The van der Waals surface area contributed by atoms with E-state index in [0.717, 1.165) is 4.47 Å². The highest BCUT2D eigenvalue weighted by molar-refractivity contribution is 9.10. The summed E-state index contributed by atoms with van der Waals surface area (Å²) in [4.78, 5) is 27.7. The number of anilines is 1. The van der Waals surface area contributed by atoms with Crippen LogP contribution in [0.4, 0.5) is 5.69 Å². The molecule has 0 spiro atoms. The number of Topliss-reactive ketones (excluding diaryl/α,β-unsaturated/α-hetero) is 1. The summed E-state index contributed by atoms with van der Waals surface area (Å²) in [5, 5.41) is 11.1. The van der Waals surface area contributed by atoms with Gasteiger partial charge in [-0.05, 0) is 35.9 Å². The predicted molar refractivity (Wildman–Crippen MR) is 125 cm³/mol. The van der Waals surface area contributed by atoms with Crippen LogP contribution in [0.1, 0.15) is 17.2 Å². The third kappa shape index (κ3) is 3.76. The van der Waals surface area contributed by atoms with Gasteiger partial charge in [0.1, 0.15) is 5.76 Å². The average Bonchev–Trinajstić information content (AvgIpc) is 3.09. The monoisotopic (exact) mass is 493 g/mol. The van der Waals surface area contributed by atoms with Gasteiger partial charge >= 0.3 is 0 Å². The summed E-state index contributed by atoms with van der Waals surface area (Å²) in [6, 6.07) is 20.1. The lowest BCUT2D eigenvalue weighted by Gasteiger charge is -2.26. The van der Waals surface area contributed by atoms with Crippen molar-refractivity contribution in [3.63, 3.8) is 0 Å². The van der Waals surface area contributed by atoms with Crippen LogP contribution in [0.25, 0.3) is 5.76 Å². The summed E-state index contributed by atoms with van der Waals surface area (Å²) < 4.78 is 11.5. The fraction of sp³-hybridized carbons (Fsp3) is 0.120. The molecule has 1 amide bonds. The Morgan fingerprint density at radius 2 is 1.62 bits per heavy atom. The number of aliphatic hydroxyl groups excluding tert-OH is 1. The molecule has 7 heteroatoms. The molecule has 0 radical (unpaired) electrons. The molecule has 0 bridgehead atoms. The Balaban J connectivity index is 1.97. The molecule has 1 aliphatic heterocycles. The average molecular weight is 494 g/mol. The van der Waals surface area contributed by atoms with Crippen molar-refractivity contribution in [1.29, 1.82) is 0 Å². The Hall–Kier alpha value is -3.58. The quantitative estimate of drug-likeness (QED) is 0.304. The zero-order valence-corrected chi connectivity index (χ0v) is 19.0. The van der Waals surface area contributed by atoms with Crippen LogP contribution in [0.5, 0.6) is 11.5 Å². The number of rotatable bonds is 5. The third-order valence-corrected chi connectivity index (χ3v) is 5.79. The SMILES string of the molecule is COc1ccc(C2/C(=C(\O)c3ccccc3)C(=O)C(=O)N2c2cccc(Br)c2)cc1OC. The van der Waals surface area contributed by atoms with Crippen molar-refractivity contribution in [3.8, 4) is 11.5 Å². The van der Waals surface area contributed by atoms with Crippen LogP contribution in [-0.4, -0.2) is 31.0 Å². The minimum atomic E-state index is -0.857. The number of benzene rings is 3. The summed E-state index contributed by atoms with van der Waals surface area (Å²) >= 11 is 3.42. The summed E-state index contributed by atoms with van der Waals surface area (Å²) in [6.45, 7) is 0. The summed E-state index contributed by atoms with van der Waals surface area (Å²) in [5.41, 5.74) is 1.58. The van der Waals surface area contributed by atoms with Gasteiger partial charge in [0.25, 0.3) is 11.7 Å². The second kappa shape index (κ2) is 8.88. The lowest BCUT2D eigenvalue weighted by Crippen LogP contribution is -2.29. The number of nitrogens with zero attached hydrogens (tertiary/aromatic N) is 1. The maximum atomic E-state index is 13.2. The Morgan fingerprint density at radius 1 is 0.906 bits per heavy atom. The van der Waals surface area contributed by atoms with E-state index in [2.05, 4.69) is 15.9 Å². The van der Waals surface area contributed by atoms with Gasteiger partial charge in [-0.2, -0.15) is 0 Å². The molecule has 1 fully saturated rings. The minimum Gasteiger partial charge on any atom is -0.507 e. The lowest BCUT2D eigenvalue weighted by atomic mass is 9.94. The van der Waals surface area contributed by atoms with E-state index < -0.39 is 17.7 Å². The molecule has 3 aromatic rings. The molecule has 162 valence electrons. The van der Waals surface area contributed by atoms with Crippen molar-refractivity contribution in [2.45, 2.75) is 6.04 Å². The molecule has 0 aromatic heterocycles. The highest BCUT2D eigenvalue weighted by atomic mass is 79.9.